The van der Waals surface area contributed by atoms with Gasteiger partial charge in [0, 0.05) is 23.8 Å². The minimum Gasteiger partial charge on any atom is -0.429 e. The molecule has 1 aliphatic carbocycles. The summed E-state index contributed by atoms with van der Waals surface area (Å²) in [5.41, 5.74) is -4.63. The summed E-state index contributed by atoms with van der Waals surface area (Å²) in [5, 5.41) is 0. The van der Waals surface area contributed by atoms with E-state index in [-0.39, 0.29) is 29.7 Å². The van der Waals surface area contributed by atoms with Crippen molar-refractivity contribution in [2.45, 2.75) is 50.8 Å². The van der Waals surface area contributed by atoms with Crippen LogP contribution in [0.3, 0.4) is 0 Å². The molecule has 220 valence electrons. The Morgan fingerprint density at radius 2 is 1.20 bits per heavy atom. The van der Waals surface area contributed by atoms with Gasteiger partial charge < -0.3 is 4.74 Å². The third-order valence-corrected chi connectivity index (χ3v) is 6.91. The molecule has 12 heteroatoms. The average molecular weight is 594 g/mol. The second kappa shape index (κ2) is 11.4. The molecule has 4 rings (SSSR count). The van der Waals surface area contributed by atoms with Crippen LogP contribution in [0.1, 0.15) is 55.2 Å². The zero-order valence-corrected chi connectivity index (χ0v) is 21.2. The molecular formula is C29H21F11O. The number of halogens is 11. The van der Waals surface area contributed by atoms with Gasteiger partial charge in [0.25, 0.3) is 0 Å². The zero-order chi connectivity index (χ0) is 30.3. The van der Waals surface area contributed by atoms with E-state index in [1.165, 1.54) is 0 Å². The van der Waals surface area contributed by atoms with E-state index in [2.05, 4.69) is 4.74 Å². The number of hydrogen-bond donors (Lipinski definition) is 0. The van der Waals surface area contributed by atoms with E-state index in [0.717, 1.165) is 25.0 Å². The molecule has 0 saturated heterocycles. The first kappa shape index (κ1) is 30.4. The summed E-state index contributed by atoms with van der Waals surface area (Å²) >= 11 is 0. The van der Waals surface area contributed by atoms with Crippen molar-refractivity contribution < 1.29 is 53.0 Å². The fourth-order valence-corrected chi connectivity index (χ4v) is 4.85. The van der Waals surface area contributed by atoms with Crippen molar-refractivity contribution in [3.8, 4) is 16.9 Å². The van der Waals surface area contributed by atoms with Crippen LogP contribution in [0.4, 0.5) is 48.3 Å². The molecule has 0 N–H and O–H groups in total. The van der Waals surface area contributed by atoms with Crippen molar-refractivity contribution in [1.29, 1.82) is 0 Å². The molecule has 3 aromatic rings. The molecule has 0 heterocycles. The second-order valence-corrected chi connectivity index (χ2v) is 9.93. The third kappa shape index (κ3) is 6.84. The standard InChI is InChI=1S/C29H21F11O/c1-14-2-4-15(5-3-14)16-8-24(34)27(25(35)9-16)29(39,40)41-18-12-22(32)26(23(33)13-18)17-10-20(30)19(21(31)11-17)6-7-28(36,37)38/h6-15H,2-5H2,1H3/b7-6+. The largest absolute Gasteiger partial charge is 0.432 e. The highest BCUT2D eigenvalue weighted by atomic mass is 19.4. The Balaban J connectivity index is 1.61. The molecule has 1 fully saturated rings. The summed E-state index contributed by atoms with van der Waals surface area (Å²) in [7, 11) is 0. The quantitative estimate of drug-likeness (QED) is 0.258. The maximum Gasteiger partial charge on any atom is 0.432 e. The van der Waals surface area contributed by atoms with E-state index in [1.807, 2.05) is 6.92 Å². The molecule has 0 unspecified atom stereocenters. The Hall–Kier alpha value is -3.57. The second-order valence-electron chi connectivity index (χ2n) is 9.93. The first-order valence-corrected chi connectivity index (χ1v) is 12.4. The minimum absolute atomic E-state index is 0.0839. The Bertz CT molecular complexity index is 1400. The summed E-state index contributed by atoms with van der Waals surface area (Å²) in [6, 6.07) is 2.64. The van der Waals surface area contributed by atoms with Gasteiger partial charge in [0.2, 0.25) is 0 Å². The number of rotatable bonds is 6. The van der Waals surface area contributed by atoms with Gasteiger partial charge in [-0.25, -0.2) is 26.3 Å². The van der Waals surface area contributed by atoms with Crippen LogP contribution < -0.4 is 4.74 Å². The van der Waals surface area contributed by atoms with Crippen LogP contribution >= 0.6 is 0 Å². The smallest absolute Gasteiger partial charge is 0.429 e. The van der Waals surface area contributed by atoms with Gasteiger partial charge in [0.15, 0.2) is 0 Å². The van der Waals surface area contributed by atoms with Gasteiger partial charge in [0.1, 0.15) is 46.2 Å². The van der Waals surface area contributed by atoms with E-state index >= 15 is 0 Å². The zero-order valence-electron chi connectivity index (χ0n) is 21.2. The molecule has 0 aromatic heterocycles. The lowest BCUT2D eigenvalue weighted by atomic mass is 9.79. The number of benzene rings is 3. The maximum absolute atomic E-state index is 14.8. The monoisotopic (exact) mass is 594 g/mol. The van der Waals surface area contributed by atoms with Crippen LogP contribution in [0, 0.1) is 40.8 Å². The normalized spacial score (nSPS) is 18.2. The van der Waals surface area contributed by atoms with E-state index < -0.39 is 81.3 Å². The molecule has 0 bridgehead atoms. The molecule has 0 atom stereocenters. The highest BCUT2D eigenvalue weighted by Gasteiger charge is 2.42. The topological polar surface area (TPSA) is 9.23 Å². The SMILES string of the molecule is CC1CCC(c2cc(F)c(C(F)(F)Oc3cc(F)c(-c4cc(F)c(/C=C/C(F)(F)F)c(F)c4)c(F)c3)c(F)c2)CC1. The van der Waals surface area contributed by atoms with E-state index in [4.69, 9.17) is 0 Å². The van der Waals surface area contributed by atoms with Crippen LogP contribution in [0.25, 0.3) is 17.2 Å². The summed E-state index contributed by atoms with van der Waals surface area (Å²) in [5.74, 6) is -10.7. The summed E-state index contributed by atoms with van der Waals surface area (Å²) in [4.78, 5) is 0. The number of ether oxygens (including phenoxy) is 1. The lowest BCUT2D eigenvalue weighted by molar-refractivity contribution is -0.189. The van der Waals surface area contributed by atoms with Crippen molar-refractivity contribution in [3.63, 3.8) is 0 Å². The summed E-state index contributed by atoms with van der Waals surface area (Å²) in [6.07, 6.45) is -7.12. The van der Waals surface area contributed by atoms with Gasteiger partial charge >= 0.3 is 12.3 Å². The van der Waals surface area contributed by atoms with Crippen molar-refractivity contribution >= 4 is 6.08 Å². The van der Waals surface area contributed by atoms with Crippen LogP contribution in [-0.4, -0.2) is 6.18 Å². The van der Waals surface area contributed by atoms with Gasteiger partial charge in [-0.2, -0.15) is 22.0 Å². The van der Waals surface area contributed by atoms with Crippen molar-refractivity contribution in [2.24, 2.45) is 5.92 Å². The van der Waals surface area contributed by atoms with Crippen LogP contribution in [0.2, 0.25) is 0 Å². The average Bonchev–Trinajstić information content (AvgIpc) is 2.82. The van der Waals surface area contributed by atoms with Crippen LogP contribution in [-0.2, 0) is 6.11 Å². The van der Waals surface area contributed by atoms with Gasteiger partial charge in [0.05, 0.1) is 5.56 Å². The lowest BCUT2D eigenvalue weighted by Crippen LogP contribution is -2.26. The molecule has 0 radical (unpaired) electrons. The molecule has 1 aliphatic rings. The van der Waals surface area contributed by atoms with Gasteiger partial charge in [-0.1, -0.05) is 19.8 Å². The van der Waals surface area contributed by atoms with Gasteiger partial charge in [-0.05, 0) is 66.1 Å². The first-order valence-electron chi connectivity index (χ1n) is 12.4. The van der Waals surface area contributed by atoms with Crippen molar-refractivity contribution in [1.82, 2.24) is 0 Å². The van der Waals surface area contributed by atoms with E-state index in [0.29, 0.717) is 30.9 Å². The molecule has 0 spiro atoms. The molecule has 1 saturated carbocycles. The highest BCUT2D eigenvalue weighted by Crippen LogP contribution is 2.41. The number of allylic oxidation sites excluding steroid dienone is 1. The third-order valence-electron chi connectivity index (χ3n) is 6.91. The van der Waals surface area contributed by atoms with Crippen LogP contribution in [0.5, 0.6) is 5.75 Å². The lowest BCUT2D eigenvalue weighted by Gasteiger charge is -2.27. The van der Waals surface area contributed by atoms with Gasteiger partial charge in [-0.15, -0.1) is 0 Å². The summed E-state index contributed by atoms with van der Waals surface area (Å²) < 4.78 is 158. The number of hydrogen-bond acceptors (Lipinski definition) is 1. The van der Waals surface area contributed by atoms with E-state index in [1.54, 1.807) is 0 Å². The molecule has 1 nitrogen and oxygen atoms in total. The highest BCUT2D eigenvalue weighted by molar-refractivity contribution is 5.68. The molecule has 0 amide bonds. The van der Waals surface area contributed by atoms with Gasteiger partial charge in [-0.3, -0.25) is 0 Å². The molecular weight excluding hydrogens is 573 g/mol. The fourth-order valence-electron chi connectivity index (χ4n) is 4.85. The Kier molecular flexibility index (Phi) is 8.42. The Labute approximate surface area is 227 Å². The Morgan fingerprint density at radius 1 is 0.683 bits per heavy atom. The molecule has 0 aliphatic heterocycles. The van der Waals surface area contributed by atoms with E-state index in [9.17, 15) is 48.3 Å². The summed E-state index contributed by atoms with van der Waals surface area (Å²) in [6.45, 7) is 2.03. The van der Waals surface area contributed by atoms with Crippen molar-refractivity contribution in [2.75, 3.05) is 0 Å². The molecule has 3 aromatic carbocycles. The Morgan fingerprint density at radius 3 is 1.68 bits per heavy atom. The first-order chi connectivity index (χ1) is 19.1. The fraction of sp³-hybridized carbons (Fsp3) is 0.310. The minimum atomic E-state index is -4.89. The van der Waals surface area contributed by atoms with Crippen molar-refractivity contribution in [3.05, 3.63) is 94.1 Å². The molecule has 41 heavy (non-hydrogen) atoms. The predicted octanol–water partition coefficient (Wildman–Crippen LogP) is 10.2. The number of alkyl halides is 5. The van der Waals surface area contributed by atoms with Crippen LogP contribution in [0.15, 0.2) is 42.5 Å². The maximum atomic E-state index is 14.8. The predicted molar refractivity (Wildman–Crippen MR) is 128 cm³/mol.